The molecule has 0 aliphatic heterocycles. The van der Waals surface area contributed by atoms with Crippen LogP contribution in [0.2, 0.25) is 0 Å². The van der Waals surface area contributed by atoms with Crippen molar-refractivity contribution >= 4 is 17.8 Å². The summed E-state index contributed by atoms with van der Waals surface area (Å²) >= 11 is 5.97. The molecule has 88 valence electrons. The molecule has 1 unspecified atom stereocenters. The Morgan fingerprint density at radius 2 is 2.07 bits per heavy atom. The van der Waals surface area contributed by atoms with E-state index in [1.165, 1.54) is 6.42 Å². The van der Waals surface area contributed by atoms with E-state index >= 15 is 0 Å². The summed E-state index contributed by atoms with van der Waals surface area (Å²) in [6.07, 6.45) is 8.42. The lowest BCUT2D eigenvalue weighted by atomic mass is 9.96. The highest BCUT2D eigenvalue weighted by atomic mass is 35.5. The predicted octanol–water partition coefficient (Wildman–Crippen LogP) is 2.28. The van der Waals surface area contributed by atoms with Gasteiger partial charge in [-0.3, -0.25) is 0 Å². The molecule has 1 rings (SSSR count). The molecule has 0 spiro atoms. The lowest BCUT2D eigenvalue weighted by molar-refractivity contribution is -0.502. The first-order valence-corrected chi connectivity index (χ1v) is 6.23. The van der Waals surface area contributed by atoms with Gasteiger partial charge in [0.05, 0.1) is 0 Å². The molecule has 0 bridgehead atoms. The molecule has 1 aliphatic rings. The van der Waals surface area contributed by atoms with Crippen LogP contribution < -0.4 is 0 Å². The SMILES string of the molecule is [O-]/[N+](=C\C(Cl)CCCO)C1CCCCC1. The van der Waals surface area contributed by atoms with E-state index < -0.39 is 0 Å². The monoisotopic (exact) mass is 233 g/mol. The summed E-state index contributed by atoms with van der Waals surface area (Å²) in [4.78, 5) is 0. The second-order valence-electron chi connectivity index (χ2n) is 4.18. The van der Waals surface area contributed by atoms with E-state index in [-0.39, 0.29) is 18.0 Å². The van der Waals surface area contributed by atoms with Crippen molar-refractivity contribution in [3.05, 3.63) is 5.21 Å². The van der Waals surface area contributed by atoms with E-state index in [1.54, 1.807) is 6.21 Å². The van der Waals surface area contributed by atoms with Gasteiger partial charge in [0, 0.05) is 19.4 Å². The van der Waals surface area contributed by atoms with Crippen LogP contribution in [-0.2, 0) is 0 Å². The van der Waals surface area contributed by atoms with Crippen molar-refractivity contribution in [3.63, 3.8) is 0 Å². The highest BCUT2D eigenvalue weighted by molar-refractivity contribution is 6.27. The minimum absolute atomic E-state index is 0.133. The van der Waals surface area contributed by atoms with Crippen molar-refractivity contribution in [1.82, 2.24) is 0 Å². The van der Waals surface area contributed by atoms with E-state index in [9.17, 15) is 5.21 Å². The zero-order valence-electron chi connectivity index (χ0n) is 9.07. The Balaban J connectivity index is 2.35. The molecule has 0 saturated heterocycles. The molecule has 0 radical (unpaired) electrons. The van der Waals surface area contributed by atoms with Crippen LogP contribution in [0.4, 0.5) is 0 Å². The summed E-state index contributed by atoms with van der Waals surface area (Å²) < 4.78 is 1.04. The fourth-order valence-corrected chi connectivity index (χ4v) is 2.24. The van der Waals surface area contributed by atoms with Crippen LogP contribution in [-0.4, -0.2) is 34.1 Å². The first-order valence-electron chi connectivity index (χ1n) is 5.79. The molecule has 0 amide bonds. The van der Waals surface area contributed by atoms with E-state index in [0.717, 1.165) is 30.4 Å². The average Bonchev–Trinajstić information content (AvgIpc) is 2.27. The molecule has 1 aliphatic carbocycles. The second-order valence-corrected chi connectivity index (χ2v) is 4.74. The van der Waals surface area contributed by atoms with Crippen LogP contribution in [0.25, 0.3) is 0 Å². The summed E-state index contributed by atoms with van der Waals surface area (Å²) in [5.74, 6) is 0. The highest BCUT2D eigenvalue weighted by Gasteiger charge is 2.20. The lowest BCUT2D eigenvalue weighted by Gasteiger charge is -2.21. The Kier molecular flexibility index (Phi) is 6.03. The smallest absolute Gasteiger partial charge is 0.169 e. The van der Waals surface area contributed by atoms with E-state index in [4.69, 9.17) is 16.7 Å². The van der Waals surface area contributed by atoms with Crippen molar-refractivity contribution < 1.29 is 9.85 Å². The van der Waals surface area contributed by atoms with Crippen LogP contribution in [0, 0.1) is 5.21 Å². The van der Waals surface area contributed by atoms with Crippen molar-refractivity contribution in [2.75, 3.05) is 6.61 Å². The standard InChI is InChI=1S/C11H20ClNO2/c12-10(5-4-8-14)9-13(15)11-6-2-1-3-7-11/h9-11,14H,1-8H2/b13-9-. The topological polar surface area (TPSA) is 46.3 Å². The molecule has 1 fully saturated rings. The molecule has 1 saturated carbocycles. The predicted molar refractivity (Wildman–Crippen MR) is 62.5 cm³/mol. The summed E-state index contributed by atoms with van der Waals surface area (Å²) in [5, 5.41) is 20.1. The summed E-state index contributed by atoms with van der Waals surface area (Å²) in [7, 11) is 0. The minimum Gasteiger partial charge on any atom is -0.624 e. The maximum absolute atomic E-state index is 11.7. The summed E-state index contributed by atoms with van der Waals surface area (Å²) in [6.45, 7) is 0.138. The number of aliphatic hydroxyl groups is 1. The lowest BCUT2D eigenvalue weighted by Crippen LogP contribution is -2.27. The zero-order valence-corrected chi connectivity index (χ0v) is 9.83. The molecule has 1 N–H and O–H groups in total. The first-order chi connectivity index (χ1) is 7.24. The van der Waals surface area contributed by atoms with Crippen molar-refractivity contribution in [1.29, 1.82) is 0 Å². The summed E-state index contributed by atoms with van der Waals surface area (Å²) in [6, 6.07) is 0.133. The first kappa shape index (κ1) is 12.8. The molecule has 0 aromatic rings. The average molecular weight is 234 g/mol. The number of rotatable bonds is 5. The molecular formula is C11H20ClNO2. The van der Waals surface area contributed by atoms with Gasteiger partial charge in [0.15, 0.2) is 12.3 Å². The number of hydrogen-bond acceptors (Lipinski definition) is 2. The molecule has 15 heavy (non-hydrogen) atoms. The van der Waals surface area contributed by atoms with Gasteiger partial charge in [0.2, 0.25) is 0 Å². The van der Waals surface area contributed by atoms with Crippen LogP contribution >= 0.6 is 11.6 Å². The van der Waals surface area contributed by atoms with Crippen LogP contribution in [0.15, 0.2) is 0 Å². The Hall–Kier alpha value is -0.280. The maximum Gasteiger partial charge on any atom is 0.169 e. The minimum atomic E-state index is -0.239. The molecule has 0 aromatic heterocycles. The van der Waals surface area contributed by atoms with E-state index in [0.29, 0.717) is 12.8 Å². The third kappa shape index (κ3) is 4.85. The Morgan fingerprint density at radius 1 is 1.40 bits per heavy atom. The molecule has 1 atom stereocenters. The highest BCUT2D eigenvalue weighted by Crippen LogP contribution is 2.19. The zero-order chi connectivity index (χ0) is 11.1. The van der Waals surface area contributed by atoms with Gasteiger partial charge in [-0.05, 0) is 25.7 Å². The van der Waals surface area contributed by atoms with Gasteiger partial charge in [0.1, 0.15) is 5.38 Å². The number of aliphatic hydroxyl groups excluding tert-OH is 1. The fraction of sp³-hybridized carbons (Fsp3) is 0.909. The van der Waals surface area contributed by atoms with Crippen molar-refractivity contribution in [2.45, 2.75) is 56.4 Å². The Morgan fingerprint density at radius 3 is 2.67 bits per heavy atom. The van der Waals surface area contributed by atoms with Gasteiger partial charge in [-0.2, -0.15) is 0 Å². The molecule has 4 heteroatoms. The van der Waals surface area contributed by atoms with Gasteiger partial charge in [-0.15, -0.1) is 11.6 Å². The van der Waals surface area contributed by atoms with Crippen molar-refractivity contribution in [3.8, 4) is 0 Å². The van der Waals surface area contributed by atoms with Crippen molar-refractivity contribution in [2.24, 2.45) is 0 Å². The van der Waals surface area contributed by atoms with Gasteiger partial charge in [0.25, 0.3) is 0 Å². The number of hydrogen-bond donors (Lipinski definition) is 1. The largest absolute Gasteiger partial charge is 0.624 e. The number of halogens is 1. The fourth-order valence-electron chi connectivity index (χ4n) is 1.98. The quantitative estimate of drug-likeness (QED) is 0.260. The van der Waals surface area contributed by atoms with Crippen LogP contribution in [0.3, 0.4) is 0 Å². The second kappa shape index (κ2) is 7.07. The van der Waals surface area contributed by atoms with Gasteiger partial charge in [-0.25, -0.2) is 4.74 Å². The third-order valence-electron chi connectivity index (χ3n) is 2.88. The van der Waals surface area contributed by atoms with E-state index in [2.05, 4.69) is 0 Å². The summed E-state index contributed by atoms with van der Waals surface area (Å²) in [5.41, 5.74) is 0. The molecular weight excluding hydrogens is 214 g/mol. The molecule has 3 nitrogen and oxygen atoms in total. The van der Waals surface area contributed by atoms with E-state index in [1.807, 2.05) is 0 Å². The number of hydroxylamine groups is 1. The Labute approximate surface area is 96.3 Å². The maximum atomic E-state index is 11.7. The Bertz CT molecular complexity index is 203. The third-order valence-corrected chi connectivity index (χ3v) is 3.21. The van der Waals surface area contributed by atoms with Gasteiger partial charge < -0.3 is 10.3 Å². The normalized spacial score (nSPS) is 21.6. The molecule has 0 aromatic carbocycles. The van der Waals surface area contributed by atoms with Gasteiger partial charge in [-0.1, -0.05) is 6.42 Å². The number of nitrogens with zero attached hydrogens (tertiary/aromatic N) is 1. The van der Waals surface area contributed by atoms with Crippen LogP contribution in [0.5, 0.6) is 0 Å². The van der Waals surface area contributed by atoms with Gasteiger partial charge >= 0.3 is 0 Å². The van der Waals surface area contributed by atoms with Crippen LogP contribution in [0.1, 0.15) is 44.9 Å². The number of alkyl halides is 1. The molecule has 0 heterocycles.